The zero-order chi connectivity index (χ0) is 19.9. The summed E-state index contributed by atoms with van der Waals surface area (Å²) in [6.45, 7) is 0.857. The smallest absolute Gasteiger partial charge is 0.422 e. The standard InChI is InChI=1S/C19H21F3N2O2S/c1-13(15-5-7-16(8-6-15)26-12-19(20,21)22)24-18(25)23-11-14-3-9-17(27-2)10-4-14/h3-10,13H,11-12H2,1-2H3,(H2,23,24,25). The Labute approximate surface area is 160 Å². The van der Waals surface area contributed by atoms with Crippen molar-refractivity contribution in [3.05, 3.63) is 59.7 Å². The van der Waals surface area contributed by atoms with Crippen molar-refractivity contribution >= 4 is 17.8 Å². The van der Waals surface area contributed by atoms with Crippen molar-refractivity contribution in [3.8, 4) is 5.75 Å². The normalized spacial score (nSPS) is 12.3. The minimum absolute atomic E-state index is 0.126. The summed E-state index contributed by atoms with van der Waals surface area (Å²) in [6.07, 6.45) is -2.38. The number of nitrogens with one attached hydrogen (secondary N) is 2. The summed E-state index contributed by atoms with van der Waals surface area (Å²) in [5.74, 6) is 0.126. The molecule has 4 nitrogen and oxygen atoms in total. The molecule has 0 aliphatic carbocycles. The first-order valence-corrected chi connectivity index (χ1v) is 9.46. The van der Waals surface area contributed by atoms with E-state index < -0.39 is 12.8 Å². The fourth-order valence-electron chi connectivity index (χ4n) is 2.27. The van der Waals surface area contributed by atoms with Gasteiger partial charge in [0.05, 0.1) is 6.04 Å². The number of hydrogen-bond acceptors (Lipinski definition) is 3. The first-order chi connectivity index (χ1) is 12.8. The molecule has 0 aromatic heterocycles. The number of hydrogen-bond donors (Lipinski definition) is 2. The maximum atomic E-state index is 12.1. The van der Waals surface area contributed by atoms with Gasteiger partial charge in [0.15, 0.2) is 6.61 Å². The second-order valence-corrected chi connectivity index (χ2v) is 6.75. The number of alkyl halides is 3. The van der Waals surface area contributed by atoms with Crippen LogP contribution in [0.3, 0.4) is 0 Å². The molecule has 0 fully saturated rings. The van der Waals surface area contributed by atoms with E-state index in [0.29, 0.717) is 6.54 Å². The van der Waals surface area contributed by atoms with Gasteiger partial charge >= 0.3 is 12.2 Å². The highest BCUT2D eigenvalue weighted by atomic mass is 32.2. The highest BCUT2D eigenvalue weighted by Gasteiger charge is 2.28. The van der Waals surface area contributed by atoms with E-state index in [-0.39, 0.29) is 17.8 Å². The molecule has 2 aromatic rings. The average molecular weight is 398 g/mol. The van der Waals surface area contributed by atoms with Gasteiger partial charge in [-0.2, -0.15) is 13.2 Å². The largest absolute Gasteiger partial charge is 0.484 e. The van der Waals surface area contributed by atoms with E-state index in [9.17, 15) is 18.0 Å². The molecule has 0 aliphatic heterocycles. The van der Waals surface area contributed by atoms with Gasteiger partial charge in [-0.1, -0.05) is 24.3 Å². The van der Waals surface area contributed by atoms with Crippen LogP contribution in [0.5, 0.6) is 5.75 Å². The number of carbonyl (C=O) groups is 1. The number of thioether (sulfide) groups is 1. The Kier molecular flexibility index (Phi) is 7.41. The number of carbonyl (C=O) groups excluding carboxylic acids is 1. The molecule has 0 aliphatic rings. The number of ether oxygens (including phenoxy) is 1. The lowest BCUT2D eigenvalue weighted by atomic mass is 10.1. The zero-order valence-corrected chi connectivity index (χ0v) is 15.8. The Bertz CT molecular complexity index is 734. The Morgan fingerprint density at radius 3 is 2.30 bits per heavy atom. The molecule has 2 aromatic carbocycles. The molecule has 2 N–H and O–H groups in total. The van der Waals surface area contributed by atoms with Crippen LogP contribution in [0.4, 0.5) is 18.0 Å². The van der Waals surface area contributed by atoms with Gasteiger partial charge in [0.2, 0.25) is 0 Å². The summed E-state index contributed by atoms with van der Waals surface area (Å²) in [5.41, 5.74) is 1.75. The highest BCUT2D eigenvalue weighted by Crippen LogP contribution is 2.21. The van der Waals surface area contributed by atoms with Crippen LogP contribution in [-0.2, 0) is 6.54 Å². The van der Waals surface area contributed by atoms with E-state index in [0.717, 1.165) is 16.0 Å². The van der Waals surface area contributed by atoms with Crippen LogP contribution >= 0.6 is 11.8 Å². The summed E-state index contributed by atoms with van der Waals surface area (Å²) >= 11 is 1.65. The van der Waals surface area contributed by atoms with Gasteiger partial charge in [0.1, 0.15) is 5.75 Å². The molecule has 27 heavy (non-hydrogen) atoms. The van der Waals surface area contributed by atoms with Crippen molar-refractivity contribution < 1.29 is 22.7 Å². The lowest BCUT2D eigenvalue weighted by molar-refractivity contribution is -0.153. The molecule has 1 atom stereocenters. The van der Waals surface area contributed by atoms with Gasteiger partial charge in [-0.3, -0.25) is 0 Å². The zero-order valence-electron chi connectivity index (χ0n) is 15.0. The first-order valence-electron chi connectivity index (χ1n) is 8.23. The lowest BCUT2D eigenvalue weighted by Crippen LogP contribution is -2.36. The van der Waals surface area contributed by atoms with Gasteiger partial charge in [-0.15, -0.1) is 11.8 Å². The van der Waals surface area contributed by atoms with Crippen molar-refractivity contribution in [2.75, 3.05) is 12.9 Å². The molecule has 2 amide bonds. The number of benzene rings is 2. The predicted octanol–water partition coefficient (Wildman–Crippen LogP) is 4.91. The summed E-state index contributed by atoms with van der Waals surface area (Å²) in [5, 5.41) is 5.57. The van der Waals surface area contributed by atoms with Gasteiger partial charge < -0.3 is 15.4 Å². The molecule has 0 saturated carbocycles. The molecule has 0 saturated heterocycles. The van der Waals surface area contributed by atoms with Crippen molar-refractivity contribution in [1.82, 2.24) is 10.6 Å². The molecule has 0 heterocycles. The van der Waals surface area contributed by atoms with Crippen LogP contribution in [0.15, 0.2) is 53.4 Å². The molecular formula is C19H21F3N2O2S. The summed E-state index contributed by atoms with van der Waals surface area (Å²) in [6, 6.07) is 13.4. The monoisotopic (exact) mass is 398 g/mol. The Morgan fingerprint density at radius 2 is 1.74 bits per heavy atom. The quantitative estimate of drug-likeness (QED) is 0.652. The van der Waals surface area contributed by atoms with Gasteiger partial charge in [-0.25, -0.2) is 4.79 Å². The summed E-state index contributed by atoms with van der Waals surface area (Å²) < 4.78 is 41.1. The van der Waals surface area contributed by atoms with Crippen molar-refractivity contribution in [1.29, 1.82) is 0 Å². The molecule has 146 valence electrons. The predicted molar refractivity (Wildman–Crippen MR) is 100 cm³/mol. The molecule has 1 unspecified atom stereocenters. The Morgan fingerprint density at radius 1 is 1.11 bits per heavy atom. The van der Waals surface area contributed by atoms with Crippen LogP contribution in [0.2, 0.25) is 0 Å². The topological polar surface area (TPSA) is 50.4 Å². The van der Waals surface area contributed by atoms with Gasteiger partial charge in [0, 0.05) is 11.4 Å². The number of amides is 2. The van der Waals surface area contributed by atoms with Crippen LogP contribution < -0.4 is 15.4 Å². The third-order valence-electron chi connectivity index (χ3n) is 3.74. The molecule has 2 rings (SSSR count). The van der Waals surface area contributed by atoms with Crippen LogP contribution in [0.1, 0.15) is 24.1 Å². The van der Waals surface area contributed by atoms with Crippen LogP contribution in [0, 0.1) is 0 Å². The van der Waals surface area contributed by atoms with Crippen molar-refractivity contribution in [3.63, 3.8) is 0 Å². The van der Waals surface area contributed by atoms with E-state index in [1.807, 2.05) is 30.5 Å². The third-order valence-corrected chi connectivity index (χ3v) is 4.49. The summed E-state index contributed by atoms with van der Waals surface area (Å²) in [7, 11) is 0. The van der Waals surface area contributed by atoms with Crippen molar-refractivity contribution in [2.24, 2.45) is 0 Å². The van der Waals surface area contributed by atoms with Crippen molar-refractivity contribution in [2.45, 2.75) is 30.6 Å². The van der Waals surface area contributed by atoms with Crippen LogP contribution in [-0.4, -0.2) is 25.1 Å². The Balaban J connectivity index is 1.81. The fraction of sp³-hybridized carbons (Fsp3) is 0.316. The minimum atomic E-state index is -4.37. The highest BCUT2D eigenvalue weighted by molar-refractivity contribution is 7.98. The van der Waals surface area contributed by atoms with Gasteiger partial charge in [-0.05, 0) is 48.6 Å². The van der Waals surface area contributed by atoms with E-state index in [1.165, 1.54) is 12.1 Å². The second kappa shape index (κ2) is 9.55. The number of halogens is 3. The van der Waals surface area contributed by atoms with E-state index in [2.05, 4.69) is 15.4 Å². The van der Waals surface area contributed by atoms with Crippen LogP contribution in [0.25, 0.3) is 0 Å². The summed E-state index contributed by atoms with van der Waals surface area (Å²) in [4.78, 5) is 13.2. The average Bonchev–Trinajstić information content (AvgIpc) is 2.65. The van der Waals surface area contributed by atoms with E-state index in [4.69, 9.17) is 0 Å². The minimum Gasteiger partial charge on any atom is -0.484 e. The Hall–Kier alpha value is -2.35. The molecule has 0 spiro atoms. The second-order valence-electron chi connectivity index (χ2n) is 5.87. The van der Waals surface area contributed by atoms with E-state index >= 15 is 0 Å². The lowest BCUT2D eigenvalue weighted by Gasteiger charge is -2.16. The molecule has 0 radical (unpaired) electrons. The van der Waals surface area contributed by atoms with Gasteiger partial charge in [0.25, 0.3) is 0 Å². The first kappa shape index (κ1) is 21.0. The SMILES string of the molecule is CSc1ccc(CNC(=O)NC(C)c2ccc(OCC(F)(F)F)cc2)cc1. The molecule has 0 bridgehead atoms. The maximum Gasteiger partial charge on any atom is 0.422 e. The fourth-order valence-corrected chi connectivity index (χ4v) is 2.68. The molecular weight excluding hydrogens is 377 g/mol. The number of urea groups is 1. The third kappa shape index (κ3) is 7.42. The number of rotatable bonds is 7. The molecule has 8 heteroatoms. The van der Waals surface area contributed by atoms with E-state index in [1.54, 1.807) is 30.8 Å². The maximum absolute atomic E-state index is 12.1.